The van der Waals surface area contributed by atoms with Crippen LogP contribution in [-0.2, 0) is 0 Å². The van der Waals surface area contributed by atoms with Crippen LogP contribution in [0.1, 0.15) is 37.4 Å². The highest BCUT2D eigenvalue weighted by Crippen LogP contribution is 2.60. The molecule has 0 aliphatic heterocycles. The van der Waals surface area contributed by atoms with Crippen molar-refractivity contribution >= 4 is 11.2 Å². The zero-order valence-electron chi connectivity index (χ0n) is 10.5. The summed E-state index contributed by atoms with van der Waals surface area (Å²) in [7, 11) is 1.64. The Kier molecular flexibility index (Phi) is 2.13. The van der Waals surface area contributed by atoms with Gasteiger partial charge >= 0.3 is 0 Å². The van der Waals surface area contributed by atoms with Crippen LogP contribution in [0.25, 0.3) is 11.2 Å². The number of fused-ring (bicyclic) bond motifs is 2. The van der Waals surface area contributed by atoms with E-state index in [-0.39, 0.29) is 0 Å². The summed E-state index contributed by atoms with van der Waals surface area (Å²) >= 11 is 0. The highest BCUT2D eigenvalue weighted by Gasteiger charge is 2.52. The largest absolute Gasteiger partial charge is 0.481 e. The van der Waals surface area contributed by atoms with Crippen molar-refractivity contribution in [2.45, 2.75) is 31.6 Å². The third-order valence-corrected chi connectivity index (χ3v) is 4.52. The molecule has 4 nitrogen and oxygen atoms in total. The maximum Gasteiger partial charge on any atom is 0.215 e. The molecule has 0 bridgehead atoms. The van der Waals surface area contributed by atoms with Crippen LogP contribution in [-0.4, -0.2) is 22.1 Å². The van der Waals surface area contributed by atoms with Crippen LogP contribution in [0.3, 0.4) is 0 Å². The van der Waals surface area contributed by atoms with E-state index in [1.165, 1.54) is 25.7 Å². The van der Waals surface area contributed by atoms with Gasteiger partial charge in [-0.15, -0.1) is 0 Å². The van der Waals surface area contributed by atoms with Gasteiger partial charge in [0.2, 0.25) is 5.88 Å². The summed E-state index contributed by atoms with van der Waals surface area (Å²) in [5, 5.41) is 0. The molecular formula is C14H17N3O. The van der Waals surface area contributed by atoms with Gasteiger partial charge in [0.1, 0.15) is 5.82 Å². The fraction of sp³-hybridized carbons (Fsp3) is 0.571. The number of hydrogen-bond acceptors (Lipinski definition) is 3. The number of aromatic nitrogens is 3. The molecule has 4 heteroatoms. The monoisotopic (exact) mass is 243 g/mol. The third kappa shape index (κ3) is 1.44. The molecule has 0 spiro atoms. The van der Waals surface area contributed by atoms with Gasteiger partial charge < -0.3 is 9.72 Å². The zero-order valence-corrected chi connectivity index (χ0v) is 10.5. The lowest BCUT2D eigenvalue weighted by atomic mass is 10.0. The van der Waals surface area contributed by atoms with Crippen molar-refractivity contribution in [1.82, 2.24) is 15.0 Å². The number of aromatic amines is 1. The van der Waals surface area contributed by atoms with E-state index in [0.29, 0.717) is 11.8 Å². The number of rotatable bonds is 2. The predicted molar refractivity (Wildman–Crippen MR) is 68.6 cm³/mol. The molecular weight excluding hydrogens is 226 g/mol. The summed E-state index contributed by atoms with van der Waals surface area (Å²) in [6, 6.07) is 3.88. The minimum Gasteiger partial charge on any atom is -0.481 e. The lowest BCUT2D eigenvalue weighted by Gasteiger charge is -2.04. The van der Waals surface area contributed by atoms with E-state index in [4.69, 9.17) is 4.74 Å². The molecule has 2 unspecified atom stereocenters. The maximum atomic E-state index is 5.14. The van der Waals surface area contributed by atoms with Crippen LogP contribution < -0.4 is 4.74 Å². The fourth-order valence-corrected chi connectivity index (χ4v) is 3.56. The molecule has 2 aromatic rings. The molecule has 2 fully saturated rings. The molecule has 2 atom stereocenters. The first-order valence-corrected chi connectivity index (χ1v) is 6.77. The Balaban J connectivity index is 1.69. The minimum atomic E-state index is 0.633. The Labute approximate surface area is 106 Å². The Morgan fingerprint density at radius 3 is 2.67 bits per heavy atom. The summed E-state index contributed by atoms with van der Waals surface area (Å²) < 4.78 is 5.14. The molecule has 94 valence electrons. The number of H-pyrrole nitrogens is 1. The average Bonchev–Trinajstić information content (AvgIpc) is 3.00. The summed E-state index contributed by atoms with van der Waals surface area (Å²) in [5.41, 5.74) is 1.81. The van der Waals surface area contributed by atoms with Crippen molar-refractivity contribution in [2.75, 3.05) is 7.11 Å². The van der Waals surface area contributed by atoms with Crippen molar-refractivity contribution in [1.29, 1.82) is 0 Å². The molecule has 1 N–H and O–H groups in total. The van der Waals surface area contributed by atoms with E-state index >= 15 is 0 Å². The van der Waals surface area contributed by atoms with Crippen molar-refractivity contribution < 1.29 is 4.74 Å². The number of methoxy groups -OCH3 is 1. The predicted octanol–water partition coefficient (Wildman–Crippen LogP) is 2.87. The van der Waals surface area contributed by atoms with Gasteiger partial charge in [0.15, 0.2) is 5.65 Å². The summed E-state index contributed by atoms with van der Waals surface area (Å²) in [6.45, 7) is 0. The van der Waals surface area contributed by atoms with Gasteiger partial charge in [-0.2, -0.15) is 4.98 Å². The molecule has 2 aliphatic carbocycles. The number of nitrogens with zero attached hydrogens (tertiary/aromatic N) is 2. The van der Waals surface area contributed by atoms with Crippen LogP contribution in [0.15, 0.2) is 12.1 Å². The molecule has 2 heterocycles. The van der Waals surface area contributed by atoms with Gasteiger partial charge in [0, 0.05) is 12.0 Å². The number of imidazole rings is 1. The molecule has 2 saturated carbocycles. The van der Waals surface area contributed by atoms with E-state index in [9.17, 15) is 0 Å². The third-order valence-electron chi connectivity index (χ3n) is 4.52. The van der Waals surface area contributed by atoms with E-state index in [0.717, 1.165) is 28.8 Å². The van der Waals surface area contributed by atoms with E-state index in [1.54, 1.807) is 7.11 Å². The fourth-order valence-electron chi connectivity index (χ4n) is 3.56. The zero-order chi connectivity index (χ0) is 12.1. The first kappa shape index (κ1) is 10.4. The topological polar surface area (TPSA) is 50.8 Å². The van der Waals surface area contributed by atoms with Crippen LogP contribution in [0.4, 0.5) is 0 Å². The first-order chi connectivity index (χ1) is 8.86. The van der Waals surface area contributed by atoms with Crippen LogP contribution >= 0.6 is 0 Å². The molecule has 4 rings (SSSR count). The summed E-state index contributed by atoms with van der Waals surface area (Å²) in [5.74, 6) is 4.19. The highest BCUT2D eigenvalue weighted by molar-refractivity contribution is 5.71. The van der Waals surface area contributed by atoms with Crippen molar-refractivity contribution in [3.8, 4) is 5.88 Å². The van der Waals surface area contributed by atoms with Gasteiger partial charge in [-0.3, -0.25) is 0 Å². The normalized spacial score (nSPS) is 30.2. The smallest absolute Gasteiger partial charge is 0.215 e. The maximum absolute atomic E-state index is 5.14. The van der Waals surface area contributed by atoms with Crippen molar-refractivity contribution in [3.05, 3.63) is 18.0 Å². The quantitative estimate of drug-likeness (QED) is 0.882. The molecule has 2 aromatic heterocycles. The van der Waals surface area contributed by atoms with Gasteiger partial charge in [0.05, 0.1) is 12.6 Å². The van der Waals surface area contributed by atoms with Crippen molar-refractivity contribution in [3.63, 3.8) is 0 Å². The second-order valence-corrected chi connectivity index (χ2v) is 5.48. The molecule has 18 heavy (non-hydrogen) atoms. The van der Waals surface area contributed by atoms with Gasteiger partial charge in [0.25, 0.3) is 0 Å². The van der Waals surface area contributed by atoms with Crippen LogP contribution in [0.5, 0.6) is 5.88 Å². The Bertz CT molecular complexity index is 580. The molecule has 0 radical (unpaired) electrons. The first-order valence-electron chi connectivity index (χ1n) is 6.77. The SMILES string of the molecule is COc1ccc2[nH]c(C3C4CCCCC43)nc2n1. The molecule has 0 aromatic carbocycles. The van der Waals surface area contributed by atoms with Gasteiger partial charge in [-0.05, 0) is 30.7 Å². The second kappa shape index (κ2) is 3.70. The Morgan fingerprint density at radius 2 is 1.94 bits per heavy atom. The van der Waals surface area contributed by atoms with Crippen LogP contribution in [0.2, 0.25) is 0 Å². The van der Waals surface area contributed by atoms with E-state index in [2.05, 4.69) is 15.0 Å². The molecule has 2 aliphatic rings. The Hall–Kier alpha value is -1.58. The number of nitrogens with one attached hydrogen (secondary N) is 1. The Morgan fingerprint density at radius 1 is 1.17 bits per heavy atom. The highest BCUT2D eigenvalue weighted by atomic mass is 16.5. The number of hydrogen-bond donors (Lipinski definition) is 1. The molecule has 0 saturated heterocycles. The number of pyridine rings is 1. The number of ether oxygens (including phenoxy) is 1. The summed E-state index contributed by atoms with van der Waals surface area (Å²) in [4.78, 5) is 12.5. The van der Waals surface area contributed by atoms with E-state index in [1.807, 2.05) is 12.1 Å². The second-order valence-electron chi connectivity index (χ2n) is 5.48. The van der Waals surface area contributed by atoms with Crippen molar-refractivity contribution in [2.24, 2.45) is 11.8 Å². The van der Waals surface area contributed by atoms with E-state index < -0.39 is 0 Å². The van der Waals surface area contributed by atoms with Gasteiger partial charge in [-0.25, -0.2) is 4.98 Å². The standard InChI is InChI=1S/C14H17N3O/c1-18-11-7-6-10-13(16-11)17-14(15-10)12-8-4-2-3-5-9(8)12/h6-9,12H,2-5H2,1H3,(H,15,16,17). The van der Waals surface area contributed by atoms with Gasteiger partial charge in [-0.1, -0.05) is 12.8 Å². The van der Waals surface area contributed by atoms with Crippen LogP contribution in [0, 0.1) is 11.8 Å². The summed E-state index contributed by atoms with van der Waals surface area (Å²) in [6.07, 6.45) is 5.54. The minimum absolute atomic E-state index is 0.633. The average molecular weight is 243 g/mol. The lowest BCUT2D eigenvalue weighted by Crippen LogP contribution is -1.91. The molecule has 0 amide bonds. The lowest BCUT2D eigenvalue weighted by molar-refractivity contribution is 0.399.